The van der Waals surface area contributed by atoms with E-state index in [1.807, 2.05) is 0 Å². The fourth-order valence-electron chi connectivity index (χ4n) is 0.518. The minimum atomic E-state index is -1.40. The monoisotopic (exact) mass is 123 g/mol. The summed E-state index contributed by atoms with van der Waals surface area (Å²) in [5.74, 6) is 0. The van der Waals surface area contributed by atoms with E-state index in [9.17, 15) is 9.18 Å². The quantitative estimate of drug-likeness (QED) is 0.518. The third-order valence-corrected chi connectivity index (χ3v) is 0.945. The minimum Gasteiger partial charge on any atom is -0.255 e. The van der Waals surface area contributed by atoms with Crippen molar-refractivity contribution in [3.05, 3.63) is 35.9 Å². The van der Waals surface area contributed by atoms with Gasteiger partial charge in [-0.15, -0.1) is 0 Å². The summed E-state index contributed by atoms with van der Waals surface area (Å²) >= 11 is 0. The van der Waals surface area contributed by atoms with Crippen molar-refractivity contribution in [2.45, 2.75) is 0 Å². The number of carbonyl (C=O) groups excluding carboxylic acids is 1. The van der Waals surface area contributed by atoms with Gasteiger partial charge in [-0.1, -0.05) is 12.1 Å². The lowest BCUT2D eigenvalue weighted by Crippen LogP contribution is -1.86. The lowest BCUT2D eigenvalue weighted by Gasteiger charge is -1.85. The zero-order valence-electron chi connectivity index (χ0n) is 4.60. The van der Waals surface area contributed by atoms with Gasteiger partial charge in [0.2, 0.25) is 0 Å². The van der Waals surface area contributed by atoms with Gasteiger partial charge in [0.25, 0.3) is 0 Å². The zero-order valence-corrected chi connectivity index (χ0v) is 4.60. The standard InChI is InChI=1S/C7H4FO/c8-7(9)6-4-2-1-3-5-6/h2-5H. The van der Waals surface area contributed by atoms with Crippen molar-refractivity contribution in [1.29, 1.82) is 0 Å². The number of hydrogen-bond donors (Lipinski definition) is 0. The fourth-order valence-corrected chi connectivity index (χ4v) is 0.518. The molecule has 0 aromatic heterocycles. The zero-order chi connectivity index (χ0) is 6.69. The summed E-state index contributed by atoms with van der Waals surface area (Å²) in [7, 11) is 0. The van der Waals surface area contributed by atoms with Crippen molar-refractivity contribution < 1.29 is 9.18 Å². The molecule has 45 valence electrons. The Morgan fingerprint density at radius 2 is 2.00 bits per heavy atom. The van der Waals surface area contributed by atoms with Crippen LogP contribution in [0.3, 0.4) is 0 Å². The van der Waals surface area contributed by atoms with Crippen molar-refractivity contribution in [2.75, 3.05) is 0 Å². The molecule has 0 amide bonds. The van der Waals surface area contributed by atoms with Crippen LogP contribution in [-0.2, 0) is 0 Å². The summed E-state index contributed by atoms with van der Waals surface area (Å²) < 4.78 is 11.8. The van der Waals surface area contributed by atoms with Crippen LogP contribution in [0.25, 0.3) is 0 Å². The highest BCUT2D eigenvalue weighted by molar-refractivity contribution is 5.88. The van der Waals surface area contributed by atoms with E-state index in [2.05, 4.69) is 6.07 Å². The number of hydrogen-bond acceptors (Lipinski definition) is 1. The summed E-state index contributed by atoms with van der Waals surface area (Å²) in [5.41, 5.74) is 0.0775. The molecule has 0 saturated heterocycles. The predicted molar refractivity (Wildman–Crippen MR) is 30.7 cm³/mol. The Hall–Kier alpha value is -1.18. The van der Waals surface area contributed by atoms with E-state index in [1.165, 1.54) is 24.3 Å². The van der Waals surface area contributed by atoms with Gasteiger partial charge in [-0.3, -0.25) is 4.79 Å². The van der Waals surface area contributed by atoms with E-state index in [-0.39, 0.29) is 5.56 Å². The molecule has 9 heavy (non-hydrogen) atoms. The van der Waals surface area contributed by atoms with Crippen molar-refractivity contribution >= 4 is 6.04 Å². The van der Waals surface area contributed by atoms with Crippen LogP contribution in [0, 0.1) is 6.07 Å². The van der Waals surface area contributed by atoms with E-state index >= 15 is 0 Å². The van der Waals surface area contributed by atoms with Crippen LogP contribution in [0.5, 0.6) is 0 Å². The van der Waals surface area contributed by atoms with Gasteiger partial charge in [-0.05, 0) is 18.2 Å². The lowest BCUT2D eigenvalue weighted by atomic mass is 10.2. The SMILES string of the molecule is O=C(F)c1cc[c]cc1. The van der Waals surface area contributed by atoms with Crippen molar-refractivity contribution in [1.82, 2.24) is 0 Å². The molecule has 0 unspecified atom stereocenters. The van der Waals surface area contributed by atoms with Gasteiger partial charge in [0.05, 0.1) is 5.56 Å². The van der Waals surface area contributed by atoms with Crippen LogP contribution >= 0.6 is 0 Å². The van der Waals surface area contributed by atoms with Crippen molar-refractivity contribution in [2.24, 2.45) is 0 Å². The summed E-state index contributed by atoms with van der Waals surface area (Å²) in [4.78, 5) is 9.96. The second kappa shape index (κ2) is 2.40. The normalized spacial score (nSPS) is 9.00. The number of benzene rings is 1. The molecule has 0 spiro atoms. The summed E-state index contributed by atoms with van der Waals surface area (Å²) in [6.45, 7) is 0. The molecule has 1 rings (SSSR count). The Labute approximate surface area is 52.1 Å². The molecule has 2 heteroatoms. The molecule has 0 saturated carbocycles. The topological polar surface area (TPSA) is 17.1 Å². The van der Waals surface area contributed by atoms with Gasteiger partial charge in [0, 0.05) is 0 Å². The first-order valence-corrected chi connectivity index (χ1v) is 2.46. The molecular formula is C7H4FO. The number of rotatable bonds is 1. The van der Waals surface area contributed by atoms with Gasteiger partial charge in [0.1, 0.15) is 0 Å². The first-order chi connectivity index (χ1) is 4.30. The van der Waals surface area contributed by atoms with E-state index in [1.54, 1.807) is 0 Å². The van der Waals surface area contributed by atoms with Crippen LogP contribution in [0.15, 0.2) is 24.3 Å². The predicted octanol–water partition coefficient (Wildman–Crippen LogP) is 1.60. The smallest absolute Gasteiger partial charge is 0.255 e. The molecule has 0 aliphatic carbocycles. The molecule has 1 aromatic rings. The summed E-state index contributed by atoms with van der Waals surface area (Å²) in [5, 5.41) is 0. The molecule has 1 radical (unpaired) electrons. The first-order valence-electron chi connectivity index (χ1n) is 2.46. The van der Waals surface area contributed by atoms with Crippen molar-refractivity contribution in [3.8, 4) is 0 Å². The van der Waals surface area contributed by atoms with Gasteiger partial charge in [-0.25, -0.2) is 0 Å². The molecule has 0 aliphatic heterocycles. The average molecular weight is 123 g/mol. The Kier molecular flexibility index (Phi) is 1.58. The van der Waals surface area contributed by atoms with Gasteiger partial charge in [0.15, 0.2) is 0 Å². The molecule has 0 heterocycles. The van der Waals surface area contributed by atoms with Crippen molar-refractivity contribution in [3.63, 3.8) is 0 Å². The fraction of sp³-hybridized carbons (Fsp3) is 0. The third kappa shape index (κ3) is 1.35. The molecule has 0 bridgehead atoms. The Bertz CT molecular complexity index is 205. The van der Waals surface area contributed by atoms with Crippen LogP contribution in [0.1, 0.15) is 10.4 Å². The first kappa shape index (κ1) is 5.95. The van der Waals surface area contributed by atoms with E-state index in [4.69, 9.17) is 0 Å². The Balaban J connectivity index is 2.98. The lowest BCUT2D eigenvalue weighted by molar-refractivity contribution is 0.0836. The molecule has 0 aliphatic rings. The highest BCUT2D eigenvalue weighted by Crippen LogP contribution is 1.98. The van der Waals surface area contributed by atoms with Gasteiger partial charge in [-0.2, -0.15) is 4.39 Å². The largest absolute Gasteiger partial charge is 0.332 e. The third-order valence-electron chi connectivity index (χ3n) is 0.945. The Morgan fingerprint density at radius 3 is 2.33 bits per heavy atom. The van der Waals surface area contributed by atoms with Crippen LogP contribution in [-0.4, -0.2) is 6.04 Å². The van der Waals surface area contributed by atoms with Gasteiger partial charge < -0.3 is 0 Å². The van der Waals surface area contributed by atoms with E-state index in [0.29, 0.717) is 0 Å². The molecule has 1 aromatic carbocycles. The maximum Gasteiger partial charge on any atom is 0.332 e. The molecule has 1 nitrogen and oxygen atoms in total. The number of halogens is 1. The molecule has 0 fully saturated rings. The molecule has 0 atom stereocenters. The Morgan fingerprint density at radius 1 is 1.44 bits per heavy atom. The maximum atomic E-state index is 11.8. The highest BCUT2D eigenvalue weighted by Gasteiger charge is 1.98. The van der Waals surface area contributed by atoms with Gasteiger partial charge >= 0.3 is 6.04 Å². The summed E-state index contributed by atoms with van der Waals surface area (Å²) in [6, 6.07) is 7.01. The van der Waals surface area contributed by atoms with E-state index in [0.717, 1.165) is 0 Å². The second-order valence-corrected chi connectivity index (χ2v) is 1.56. The average Bonchev–Trinajstić information content (AvgIpc) is 1.90. The molecular weight excluding hydrogens is 119 g/mol. The minimum absolute atomic E-state index is 0.0775. The summed E-state index contributed by atoms with van der Waals surface area (Å²) in [6.07, 6.45) is 0. The highest BCUT2D eigenvalue weighted by atomic mass is 19.1. The van der Waals surface area contributed by atoms with Crippen LogP contribution < -0.4 is 0 Å². The number of carbonyl (C=O) groups is 1. The second-order valence-electron chi connectivity index (χ2n) is 1.56. The van der Waals surface area contributed by atoms with E-state index < -0.39 is 6.04 Å². The maximum absolute atomic E-state index is 11.8. The molecule has 0 N–H and O–H groups in total. The van der Waals surface area contributed by atoms with Crippen LogP contribution in [0.2, 0.25) is 0 Å². The van der Waals surface area contributed by atoms with Crippen LogP contribution in [0.4, 0.5) is 4.39 Å².